The molecule has 0 saturated carbocycles. The van der Waals surface area contributed by atoms with Crippen LogP contribution in [0.2, 0.25) is 0 Å². The molecule has 2 N–H and O–H groups in total. The molecule has 3 amide bonds. The zero-order valence-corrected chi connectivity index (χ0v) is 17.4. The van der Waals surface area contributed by atoms with Crippen LogP contribution in [0, 0.1) is 5.92 Å². The zero-order valence-electron chi connectivity index (χ0n) is 16.6. The van der Waals surface area contributed by atoms with E-state index < -0.39 is 5.25 Å². The van der Waals surface area contributed by atoms with Crippen LogP contribution in [0.25, 0.3) is 0 Å². The van der Waals surface area contributed by atoms with Gasteiger partial charge in [-0.15, -0.1) is 11.8 Å². The van der Waals surface area contributed by atoms with Gasteiger partial charge < -0.3 is 20.3 Å². The Balaban J connectivity index is 1.35. The van der Waals surface area contributed by atoms with E-state index in [9.17, 15) is 14.4 Å². The van der Waals surface area contributed by atoms with Gasteiger partial charge in [-0.25, -0.2) is 0 Å². The Kier molecular flexibility index (Phi) is 5.94. The topological polar surface area (TPSA) is 87.7 Å². The van der Waals surface area contributed by atoms with E-state index >= 15 is 0 Å². The number of nitrogens with one attached hydrogen (secondary N) is 2. The molecule has 2 aliphatic heterocycles. The van der Waals surface area contributed by atoms with Gasteiger partial charge in [0.05, 0.1) is 18.5 Å². The summed E-state index contributed by atoms with van der Waals surface area (Å²) >= 11 is 1.28. The predicted octanol–water partition coefficient (Wildman–Crippen LogP) is 2.99. The third kappa shape index (κ3) is 4.14. The summed E-state index contributed by atoms with van der Waals surface area (Å²) in [6.07, 6.45) is 1.12. The van der Waals surface area contributed by atoms with E-state index in [-0.39, 0.29) is 23.6 Å². The second-order valence-corrected chi connectivity index (χ2v) is 8.42. The van der Waals surface area contributed by atoms with Crippen LogP contribution in [0.1, 0.15) is 12.8 Å². The quantitative estimate of drug-likeness (QED) is 0.736. The molecule has 156 valence electrons. The van der Waals surface area contributed by atoms with E-state index in [2.05, 4.69) is 10.6 Å². The Labute approximate surface area is 179 Å². The molecule has 1 unspecified atom stereocenters. The summed E-state index contributed by atoms with van der Waals surface area (Å²) in [6.45, 7) is 0.906. The highest BCUT2D eigenvalue weighted by molar-refractivity contribution is 8.01. The minimum absolute atomic E-state index is 0.0784. The Morgan fingerprint density at radius 2 is 1.80 bits per heavy atom. The molecule has 1 atom stereocenters. The minimum Gasteiger partial charge on any atom is -0.495 e. The SMILES string of the molecule is COc1ccccc1NC(=O)C1CCN(C(=O)C2Sc3ccccc3NC2=O)CC1. The number of amides is 3. The van der Waals surface area contributed by atoms with Crippen LogP contribution in [0.4, 0.5) is 11.4 Å². The van der Waals surface area contributed by atoms with Gasteiger partial charge >= 0.3 is 0 Å². The summed E-state index contributed by atoms with van der Waals surface area (Å²) in [5, 5.41) is 4.94. The summed E-state index contributed by atoms with van der Waals surface area (Å²) in [4.78, 5) is 40.6. The number of likely N-dealkylation sites (tertiary alicyclic amines) is 1. The minimum atomic E-state index is -0.793. The number of carbonyl (C=O) groups is 3. The number of nitrogens with zero attached hydrogens (tertiary/aromatic N) is 1. The van der Waals surface area contributed by atoms with Crippen LogP contribution in [-0.4, -0.2) is 48.1 Å². The van der Waals surface area contributed by atoms with E-state index in [4.69, 9.17) is 4.74 Å². The van der Waals surface area contributed by atoms with Crippen molar-refractivity contribution in [3.8, 4) is 5.75 Å². The fourth-order valence-electron chi connectivity index (χ4n) is 3.72. The summed E-state index contributed by atoms with van der Waals surface area (Å²) < 4.78 is 5.28. The second kappa shape index (κ2) is 8.79. The van der Waals surface area contributed by atoms with Gasteiger partial charge in [-0.1, -0.05) is 24.3 Å². The van der Waals surface area contributed by atoms with Gasteiger partial charge in [-0.2, -0.15) is 0 Å². The van der Waals surface area contributed by atoms with Crippen LogP contribution >= 0.6 is 11.8 Å². The molecule has 7 nitrogen and oxygen atoms in total. The molecular formula is C22H23N3O4S. The lowest BCUT2D eigenvalue weighted by molar-refractivity contribution is -0.136. The number of anilines is 2. The lowest BCUT2D eigenvalue weighted by atomic mass is 9.95. The number of carbonyl (C=O) groups excluding carboxylic acids is 3. The summed E-state index contributed by atoms with van der Waals surface area (Å²) in [7, 11) is 1.56. The van der Waals surface area contributed by atoms with Crippen molar-refractivity contribution >= 4 is 40.9 Å². The molecule has 2 aromatic rings. The van der Waals surface area contributed by atoms with E-state index in [1.807, 2.05) is 36.4 Å². The first kappa shape index (κ1) is 20.3. The Hall–Kier alpha value is -3.00. The lowest BCUT2D eigenvalue weighted by Gasteiger charge is -2.34. The molecule has 1 saturated heterocycles. The van der Waals surface area contributed by atoms with Crippen molar-refractivity contribution < 1.29 is 19.1 Å². The molecule has 1 fully saturated rings. The van der Waals surface area contributed by atoms with Gasteiger partial charge in [0, 0.05) is 23.9 Å². The van der Waals surface area contributed by atoms with Gasteiger partial charge in [0.25, 0.3) is 0 Å². The highest BCUT2D eigenvalue weighted by Crippen LogP contribution is 2.36. The van der Waals surface area contributed by atoms with E-state index in [1.165, 1.54) is 11.8 Å². The maximum atomic E-state index is 13.0. The Morgan fingerprint density at radius 1 is 1.10 bits per heavy atom. The first-order valence-corrected chi connectivity index (χ1v) is 10.7. The third-order valence-electron chi connectivity index (χ3n) is 5.39. The van der Waals surface area contributed by atoms with Crippen molar-refractivity contribution in [2.75, 3.05) is 30.8 Å². The third-order valence-corrected chi connectivity index (χ3v) is 6.66. The fourth-order valence-corrected chi connectivity index (χ4v) is 4.80. The first-order chi connectivity index (χ1) is 14.6. The first-order valence-electron chi connectivity index (χ1n) is 9.86. The van der Waals surface area contributed by atoms with E-state index in [1.54, 1.807) is 24.1 Å². The number of hydrogen-bond acceptors (Lipinski definition) is 5. The largest absolute Gasteiger partial charge is 0.495 e. The van der Waals surface area contributed by atoms with Crippen molar-refractivity contribution in [1.82, 2.24) is 4.90 Å². The van der Waals surface area contributed by atoms with Crippen LogP contribution < -0.4 is 15.4 Å². The number of benzene rings is 2. The monoisotopic (exact) mass is 425 g/mol. The molecule has 2 aromatic carbocycles. The highest BCUT2D eigenvalue weighted by Gasteiger charge is 2.37. The number of ether oxygens (including phenoxy) is 1. The summed E-state index contributed by atoms with van der Waals surface area (Å²) in [5.41, 5.74) is 1.38. The lowest BCUT2D eigenvalue weighted by Crippen LogP contribution is -2.48. The van der Waals surface area contributed by atoms with E-state index in [0.29, 0.717) is 37.4 Å². The molecule has 0 aliphatic carbocycles. The van der Waals surface area contributed by atoms with Gasteiger partial charge in [-0.05, 0) is 37.1 Å². The predicted molar refractivity (Wildman–Crippen MR) is 116 cm³/mol. The van der Waals surface area contributed by atoms with Crippen LogP contribution in [0.5, 0.6) is 5.75 Å². The molecule has 2 heterocycles. The average molecular weight is 426 g/mol. The number of methoxy groups -OCH3 is 1. The smallest absolute Gasteiger partial charge is 0.247 e. The molecule has 8 heteroatoms. The van der Waals surface area contributed by atoms with Crippen molar-refractivity contribution in [1.29, 1.82) is 0 Å². The Bertz CT molecular complexity index is 972. The van der Waals surface area contributed by atoms with Crippen LogP contribution in [-0.2, 0) is 14.4 Å². The van der Waals surface area contributed by atoms with Gasteiger partial charge in [0.15, 0.2) is 5.25 Å². The molecule has 4 rings (SSSR count). The van der Waals surface area contributed by atoms with Crippen LogP contribution in [0.3, 0.4) is 0 Å². The molecular weight excluding hydrogens is 402 g/mol. The number of para-hydroxylation sites is 3. The second-order valence-electron chi connectivity index (χ2n) is 7.27. The number of thioether (sulfide) groups is 1. The highest BCUT2D eigenvalue weighted by atomic mass is 32.2. The Morgan fingerprint density at radius 3 is 2.57 bits per heavy atom. The number of fused-ring (bicyclic) bond motifs is 1. The normalized spacial score (nSPS) is 18.9. The molecule has 2 aliphatic rings. The average Bonchev–Trinajstić information content (AvgIpc) is 2.78. The molecule has 30 heavy (non-hydrogen) atoms. The van der Waals surface area contributed by atoms with Crippen molar-refractivity contribution in [2.24, 2.45) is 5.92 Å². The molecule has 0 bridgehead atoms. The standard InChI is InChI=1S/C22H23N3O4S/c1-29-17-8-4-2-6-15(17)23-20(26)14-10-12-25(13-11-14)22(28)19-21(27)24-16-7-3-5-9-18(16)30-19/h2-9,14,19H,10-13H2,1H3,(H,23,26)(H,24,27). The number of piperidine rings is 1. The number of rotatable bonds is 4. The summed E-state index contributed by atoms with van der Waals surface area (Å²) in [6, 6.07) is 14.7. The molecule has 0 spiro atoms. The zero-order chi connectivity index (χ0) is 21.1. The molecule has 0 aromatic heterocycles. The van der Waals surface area contributed by atoms with Crippen molar-refractivity contribution in [2.45, 2.75) is 23.0 Å². The van der Waals surface area contributed by atoms with Crippen molar-refractivity contribution in [3.63, 3.8) is 0 Å². The van der Waals surface area contributed by atoms with Gasteiger partial charge in [-0.3, -0.25) is 14.4 Å². The van der Waals surface area contributed by atoms with E-state index in [0.717, 1.165) is 10.6 Å². The number of hydrogen-bond donors (Lipinski definition) is 2. The van der Waals surface area contributed by atoms with Gasteiger partial charge in [0.1, 0.15) is 5.75 Å². The maximum absolute atomic E-state index is 13.0. The molecule has 0 radical (unpaired) electrons. The fraction of sp³-hybridized carbons (Fsp3) is 0.318. The maximum Gasteiger partial charge on any atom is 0.247 e. The summed E-state index contributed by atoms with van der Waals surface area (Å²) in [5.74, 6) is -0.146. The van der Waals surface area contributed by atoms with Gasteiger partial charge in [0.2, 0.25) is 17.7 Å². The van der Waals surface area contributed by atoms with Crippen LogP contribution in [0.15, 0.2) is 53.4 Å². The van der Waals surface area contributed by atoms with Crippen molar-refractivity contribution in [3.05, 3.63) is 48.5 Å².